The third-order valence-electron chi connectivity index (χ3n) is 4.34. The smallest absolute Gasteiger partial charge is 0.0318 e. The number of hydrogen-bond donors (Lipinski definition) is 1. The van der Waals surface area contributed by atoms with Crippen LogP contribution < -0.4 is 6.15 Å². The average molecular weight is 185 g/mol. The molecule has 0 aromatic heterocycles. The summed E-state index contributed by atoms with van der Waals surface area (Å²) in [4.78, 5) is 0. The number of rotatable bonds is 0. The van der Waals surface area contributed by atoms with Crippen LogP contribution >= 0.6 is 0 Å². The molecule has 0 heterocycles. The summed E-state index contributed by atoms with van der Waals surface area (Å²) in [5, 5.41) is 0. The maximum absolute atomic E-state index is 2.54. The van der Waals surface area contributed by atoms with Crippen molar-refractivity contribution in [1.82, 2.24) is 6.15 Å². The maximum atomic E-state index is 2.54. The van der Waals surface area contributed by atoms with Gasteiger partial charge in [-0.15, -0.1) is 0 Å². The van der Waals surface area contributed by atoms with E-state index in [1.807, 2.05) is 0 Å². The molecule has 78 valence electrons. The first-order chi connectivity index (χ1) is 5.23. The maximum Gasteiger partial charge on any atom is -0.0318 e. The van der Waals surface area contributed by atoms with Crippen molar-refractivity contribution >= 4 is 0 Å². The molecule has 0 unspecified atom stereocenters. The van der Waals surface area contributed by atoms with Gasteiger partial charge in [-0.05, 0) is 61.7 Å². The molecule has 13 heavy (non-hydrogen) atoms. The lowest BCUT2D eigenvalue weighted by atomic mass is 9.50. The molecule has 4 aliphatic carbocycles. The molecule has 5 N–H and O–H groups in total. The number of hydrogen-bond acceptors (Lipinski definition) is 1. The van der Waals surface area contributed by atoms with Gasteiger partial charge in [-0.2, -0.15) is 0 Å². The minimum Gasteiger partial charge on any atom is -0.412 e. The Bertz CT molecular complexity index is 155. The molecule has 0 radical (unpaired) electrons. The second-order valence-corrected chi connectivity index (χ2v) is 5.73. The quantitative estimate of drug-likeness (QED) is 0.619. The molecular weight excluding hydrogens is 162 g/mol. The van der Waals surface area contributed by atoms with Crippen molar-refractivity contribution in [2.45, 2.75) is 45.4 Å². The first-order valence-electron chi connectivity index (χ1n) is 5.23. The summed E-state index contributed by atoms with van der Waals surface area (Å²) in [6.07, 6.45) is 9.48. The molecule has 4 saturated carbocycles. The van der Waals surface area contributed by atoms with Gasteiger partial charge in [-0.3, -0.25) is 0 Å². The summed E-state index contributed by atoms with van der Waals surface area (Å²) < 4.78 is 0. The molecule has 0 aromatic carbocycles. The van der Waals surface area contributed by atoms with Gasteiger partial charge in [0, 0.05) is 0 Å². The van der Waals surface area contributed by atoms with Gasteiger partial charge in [0.1, 0.15) is 0 Å². The molecular formula is C11H23NO. The molecule has 0 saturated heterocycles. The normalized spacial score (nSPS) is 51.0. The van der Waals surface area contributed by atoms with Gasteiger partial charge in [0.15, 0.2) is 0 Å². The van der Waals surface area contributed by atoms with Gasteiger partial charge in [-0.1, -0.05) is 6.92 Å². The predicted molar refractivity (Wildman–Crippen MR) is 54.9 cm³/mol. The van der Waals surface area contributed by atoms with Crippen molar-refractivity contribution in [3.8, 4) is 0 Å². The van der Waals surface area contributed by atoms with E-state index in [1.54, 1.807) is 38.5 Å². The summed E-state index contributed by atoms with van der Waals surface area (Å²) in [5.74, 6) is 3.43. The Morgan fingerprint density at radius 3 is 1.38 bits per heavy atom. The van der Waals surface area contributed by atoms with Crippen molar-refractivity contribution in [2.24, 2.45) is 23.2 Å². The molecule has 0 aromatic rings. The van der Waals surface area contributed by atoms with Crippen LogP contribution in [0, 0.1) is 23.2 Å². The average Bonchev–Trinajstić information content (AvgIpc) is 1.79. The fourth-order valence-electron chi connectivity index (χ4n) is 4.54. The minimum atomic E-state index is 0. The zero-order valence-electron chi connectivity index (χ0n) is 8.68. The molecule has 0 atom stereocenters. The monoisotopic (exact) mass is 185 g/mol. The Balaban J connectivity index is 0.000000422. The van der Waals surface area contributed by atoms with Crippen LogP contribution in [0.25, 0.3) is 0 Å². The third kappa shape index (κ3) is 1.62. The van der Waals surface area contributed by atoms with Gasteiger partial charge in [0.25, 0.3) is 0 Å². The minimum absolute atomic E-state index is 0. The standard InChI is InChI=1S/C11H18.H3N.H2O/c1-11-5-8-2-9(6-11)4-10(3-8)7-11;;/h8-10H,2-7H2,1H3;1H3;1H2. The second kappa shape index (κ2) is 3.25. The van der Waals surface area contributed by atoms with E-state index in [0.717, 1.165) is 23.2 Å². The second-order valence-electron chi connectivity index (χ2n) is 5.73. The van der Waals surface area contributed by atoms with Crippen molar-refractivity contribution in [3.63, 3.8) is 0 Å². The molecule has 2 heteroatoms. The van der Waals surface area contributed by atoms with Crippen LogP contribution in [0.5, 0.6) is 0 Å². The zero-order valence-corrected chi connectivity index (χ0v) is 8.68. The summed E-state index contributed by atoms with van der Waals surface area (Å²) in [5.41, 5.74) is 0.800. The van der Waals surface area contributed by atoms with Gasteiger partial charge < -0.3 is 11.6 Å². The largest absolute Gasteiger partial charge is 0.412 e. The summed E-state index contributed by atoms with van der Waals surface area (Å²) >= 11 is 0. The highest BCUT2D eigenvalue weighted by atomic mass is 16.0. The van der Waals surface area contributed by atoms with Gasteiger partial charge in [-0.25, -0.2) is 0 Å². The van der Waals surface area contributed by atoms with Crippen LogP contribution in [0.15, 0.2) is 0 Å². The fraction of sp³-hybridized carbons (Fsp3) is 1.00. The van der Waals surface area contributed by atoms with Crippen LogP contribution in [-0.4, -0.2) is 5.48 Å². The molecule has 4 rings (SSSR count). The highest BCUT2D eigenvalue weighted by Gasteiger charge is 2.48. The van der Waals surface area contributed by atoms with E-state index in [2.05, 4.69) is 6.92 Å². The topological polar surface area (TPSA) is 66.5 Å². The van der Waals surface area contributed by atoms with Crippen molar-refractivity contribution in [1.29, 1.82) is 0 Å². The molecule has 0 amide bonds. The van der Waals surface area contributed by atoms with Crippen molar-refractivity contribution in [2.75, 3.05) is 0 Å². The predicted octanol–water partition coefficient (Wildman–Crippen LogP) is 2.56. The van der Waals surface area contributed by atoms with Crippen LogP contribution in [-0.2, 0) is 0 Å². The van der Waals surface area contributed by atoms with Crippen LogP contribution in [0.3, 0.4) is 0 Å². The first-order valence-corrected chi connectivity index (χ1v) is 5.23. The van der Waals surface area contributed by atoms with Crippen LogP contribution in [0.4, 0.5) is 0 Å². The fourth-order valence-corrected chi connectivity index (χ4v) is 4.54. The summed E-state index contributed by atoms with van der Waals surface area (Å²) in [6.45, 7) is 2.54. The lowest BCUT2D eigenvalue weighted by Crippen LogP contribution is -2.44. The first kappa shape index (κ1) is 11.0. The highest BCUT2D eigenvalue weighted by Crippen LogP contribution is 2.59. The van der Waals surface area contributed by atoms with Crippen LogP contribution in [0.1, 0.15) is 45.4 Å². The Morgan fingerprint density at radius 2 is 1.15 bits per heavy atom. The molecule has 0 aliphatic heterocycles. The van der Waals surface area contributed by atoms with E-state index >= 15 is 0 Å². The van der Waals surface area contributed by atoms with Crippen LogP contribution in [0.2, 0.25) is 0 Å². The van der Waals surface area contributed by atoms with Crippen molar-refractivity contribution < 1.29 is 5.48 Å². The van der Waals surface area contributed by atoms with E-state index < -0.39 is 0 Å². The van der Waals surface area contributed by atoms with E-state index in [9.17, 15) is 0 Å². The van der Waals surface area contributed by atoms with Gasteiger partial charge >= 0.3 is 0 Å². The van der Waals surface area contributed by atoms with E-state index in [1.165, 1.54) is 0 Å². The zero-order chi connectivity index (χ0) is 7.47. The van der Waals surface area contributed by atoms with E-state index in [-0.39, 0.29) is 11.6 Å². The lowest BCUT2D eigenvalue weighted by Gasteiger charge is -2.55. The van der Waals surface area contributed by atoms with Gasteiger partial charge in [0.2, 0.25) is 0 Å². The van der Waals surface area contributed by atoms with E-state index in [0.29, 0.717) is 0 Å². The Morgan fingerprint density at radius 1 is 0.846 bits per heavy atom. The lowest BCUT2D eigenvalue weighted by molar-refractivity contribution is -0.0411. The SMILES string of the molecule is CC12CC3CC(CC(C3)C1)C2.N.O. The van der Waals surface area contributed by atoms with E-state index in [4.69, 9.17) is 0 Å². The highest BCUT2D eigenvalue weighted by molar-refractivity contribution is 4.99. The molecule has 2 nitrogen and oxygen atoms in total. The summed E-state index contributed by atoms with van der Waals surface area (Å²) in [7, 11) is 0. The third-order valence-corrected chi connectivity index (χ3v) is 4.34. The Hall–Kier alpha value is -0.0800. The molecule has 0 spiro atoms. The molecule has 4 aliphatic rings. The Kier molecular flexibility index (Phi) is 2.75. The Labute approximate surface area is 81.0 Å². The summed E-state index contributed by atoms with van der Waals surface area (Å²) in [6, 6.07) is 0. The van der Waals surface area contributed by atoms with Gasteiger partial charge in [0.05, 0.1) is 0 Å². The van der Waals surface area contributed by atoms with Crippen molar-refractivity contribution in [3.05, 3.63) is 0 Å². The molecule has 4 bridgehead atoms. The molecule has 4 fully saturated rings.